The van der Waals surface area contributed by atoms with Crippen LogP contribution in [0.1, 0.15) is 82.0 Å². The smallest absolute Gasteiger partial charge is 0.459 e. The molecule has 3 aliphatic rings. The van der Waals surface area contributed by atoms with E-state index >= 15 is 0 Å². The average molecular weight is 662 g/mol. The van der Waals surface area contributed by atoms with Gasteiger partial charge < -0.3 is 29.5 Å². The number of nitrogens with one attached hydrogen (secondary N) is 1. The lowest BCUT2D eigenvalue weighted by Gasteiger charge is -2.38. The van der Waals surface area contributed by atoms with Gasteiger partial charge in [0, 0.05) is 30.8 Å². The molecule has 3 aliphatic heterocycles. The predicted octanol–water partition coefficient (Wildman–Crippen LogP) is 5.02. The van der Waals surface area contributed by atoms with Crippen molar-refractivity contribution in [3.05, 3.63) is 65.2 Å². The number of hydrogen-bond acceptors (Lipinski definition) is 8. The molecule has 13 heteroatoms. The van der Waals surface area contributed by atoms with E-state index in [0.29, 0.717) is 42.0 Å². The molecular weight excluding hydrogens is 619 g/mol. The summed E-state index contributed by atoms with van der Waals surface area (Å²) in [6, 6.07) is 12.5. The van der Waals surface area contributed by atoms with E-state index in [1.54, 1.807) is 24.3 Å². The van der Waals surface area contributed by atoms with E-state index in [2.05, 4.69) is 10.2 Å². The summed E-state index contributed by atoms with van der Waals surface area (Å²) >= 11 is 0. The second kappa shape index (κ2) is 14.3. The Morgan fingerprint density at radius 1 is 0.915 bits per heavy atom. The van der Waals surface area contributed by atoms with Gasteiger partial charge in [0.15, 0.2) is 6.29 Å². The first-order valence-electron chi connectivity index (χ1n) is 16.0. The number of benzene rings is 2. The fourth-order valence-corrected chi connectivity index (χ4v) is 6.37. The maximum absolute atomic E-state index is 13.0. The van der Waals surface area contributed by atoms with Gasteiger partial charge in [0.05, 0.1) is 18.8 Å². The molecule has 0 radical (unpaired) electrons. The van der Waals surface area contributed by atoms with Crippen molar-refractivity contribution in [2.24, 2.45) is 0 Å². The van der Waals surface area contributed by atoms with Crippen molar-refractivity contribution in [1.82, 2.24) is 9.80 Å². The second-order valence-electron chi connectivity index (χ2n) is 13.3. The van der Waals surface area contributed by atoms with Crippen LogP contribution in [0.4, 0.5) is 18.9 Å². The molecule has 5 rings (SSSR count). The molecule has 3 fully saturated rings. The molecule has 0 aliphatic carbocycles. The van der Waals surface area contributed by atoms with Crippen molar-refractivity contribution in [2.75, 3.05) is 25.0 Å². The van der Waals surface area contributed by atoms with Gasteiger partial charge in [0.2, 0.25) is 5.91 Å². The van der Waals surface area contributed by atoms with E-state index < -0.39 is 35.9 Å². The van der Waals surface area contributed by atoms with Crippen LogP contribution in [0.2, 0.25) is 0 Å². The van der Waals surface area contributed by atoms with Crippen LogP contribution in [-0.2, 0) is 35.2 Å². The Kier molecular flexibility index (Phi) is 10.6. The van der Waals surface area contributed by atoms with Crippen LogP contribution in [0, 0.1) is 0 Å². The highest BCUT2D eigenvalue weighted by atomic mass is 19.4. The summed E-state index contributed by atoms with van der Waals surface area (Å²) in [5, 5.41) is 12.1. The molecule has 10 nitrogen and oxygen atoms in total. The molecule has 3 heterocycles. The zero-order chi connectivity index (χ0) is 33.9. The largest absolute Gasteiger partial charge is 0.471 e. The van der Waals surface area contributed by atoms with Crippen LogP contribution in [0.5, 0.6) is 0 Å². The Morgan fingerprint density at radius 3 is 2.19 bits per heavy atom. The van der Waals surface area contributed by atoms with Crippen LogP contribution in [0.25, 0.3) is 0 Å². The molecule has 5 unspecified atom stereocenters. The Balaban J connectivity index is 1.30. The van der Waals surface area contributed by atoms with Crippen LogP contribution in [0.15, 0.2) is 48.5 Å². The lowest BCUT2D eigenvalue weighted by molar-refractivity contribution is -0.253. The standard InChI is InChI=1S/C34H42F3N3O7/c1-33(2,3)47-30(43)27-7-4-16-39(27)19-25-18-28(22-10-8-21(20-41)9-11-22)46-31(45-25)23-12-14-24(15-13-23)38-29(42)26-6-5-17-40(26)32(44)34(35,36)37/h8-15,25-28,31,41H,4-7,16-20H2,1-3H3,(H,38,42). The number of halogens is 3. The normalized spacial score (nSPS) is 25.5. The minimum Gasteiger partial charge on any atom is -0.459 e. The van der Waals surface area contributed by atoms with E-state index in [1.807, 2.05) is 45.0 Å². The number of likely N-dealkylation sites (tertiary alicyclic amines) is 2. The molecule has 0 bridgehead atoms. The van der Waals surface area contributed by atoms with Crippen molar-refractivity contribution in [2.45, 2.75) is 102 Å². The molecule has 0 spiro atoms. The average Bonchev–Trinajstić information content (AvgIpc) is 3.70. The van der Waals surface area contributed by atoms with Gasteiger partial charge in [-0.25, -0.2) is 0 Å². The van der Waals surface area contributed by atoms with Crippen LogP contribution < -0.4 is 5.32 Å². The summed E-state index contributed by atoms with van der Waals surface area (Å²) in [5.74, 6) is -2.95. The topological polar surface area (TPSA) is 118 Å². The highest BCUT2D eigenvalue weighted by Gasteiger charge is 2.47. The van der Waals surface area contributed by atoms with E-state index in [-0.39, 0.29) is 43.8 Å². The summed E-state index contributed by atoms with van der Waals surface area (Å²) in [6.07, 6.45) is -3.98. The zero-order valence-electron chi connectivity index (χ0n) is 26.8. The number of anilines is 1. The molecule has 2 aromatic carbocycles. The highest BCUT2D eigenvalue weighted by Crippen LogP contribution is 2.39. The summed E-state index contributed by atoms with van der Waals surface area (Å²) in [6.45, 7) is 6.53. The van der Waals surface area contributed by atoms with Gasteiger partial charge >= 0.3 is 18.1 Å². The monoisotopic (exact) mass is 661 g/mol. The number of alkyl halides is 3. The highest BCUT2D eigenvalue weighted by molar-refractivity contribution is 5.98. The molecular formula is C34H42F3N3O7. The van der Waals surface area contributed by atoms with Gasteiger partial charge in [-0.1, -0.05) is 36.4 Å². The fraction of sp³-hybridized carbons (Fsp3) is 0.559. The van der Waals surface area contributed by atoms with Gasteiger partial charge in [-0.05, 0) is 76.3 Å². The van der Waals surface area contributed by atoms with E-state index in [9.17, 15) is 32.7 Å². The molecule has 0 aromatic heterocycles. The maximum atomic E-state index is 13.0. The van der Waals surface area contributed by atoms with Crippen LogP contribution in [0.3, 0.4) is 0 Å². The van der Waals surface area contributed by atoms with Crippen molar-refractivity contribution >= 4 is 23.5 Å². The third-order valence-electron chi connectivity index (χ3n) is 8.60. The zero-order valence-corrected chi connectivity index (χ0v) is 26.8. The summed E-state index contributed by atoms with van der Waals surface area (Å²) in [7, 11) is 0. The van der Waals surface area contributed by atoms with Crippen LogP contribution in [-0.4, -0.2) is 82.3 Å². The molecule has 256 valence electrons. The Morgan fingerprint density at radius 2 is 1.55 bits per heavy atom. The quantitative estimate of drug-likeness (QED) is 0.379. The Labute approximate surface area is 272 Å². The number of aliphatic hydroxyl groups is 1. The number of rotatable bonds is 8. The SMILES string of the molecule is CC(C)(C)OC(=O)C1CCCN1CC1CC(c2ccc(CO)cc2)OC(c2ccc(NC(=O)C3CCCN3C(=O)C(F)(F)F)cc2)O1. The van der Waals surface area contributed by atoms with Gasteiger partial charge in [-0.2, -0.15) is 13.2 Å². The predicted molar refractivity (Wildman–Crippen MR) is 165 cm³/mol. The number of aliphatic hydroxyl groups excluding tert-OH is 1. The number of carbonyl (C=O) groups is 3. The van der Waals surface area contributed by atoms with Crippen molar-refractivity contribution in [3.8, 4) is 0 Å². The van der Waals surface area contributed by atoms with E-state index in [0.717, 1.165) is 24.1 Å². The van der Waals surface area contributed by atoms with Crippen molar-refractivity contribution < 1.29 is 46.9 Å². The third-order valence-corrected chi connectivity index (χ3v) is 8.60. The first kappa shape index (κ1) is 34.8. The first-order chi connectivity index (χ1) is 22.2. The lowest BCUT2D eigenvalue weighted by Crippen LogP contribution is -2.48. The summed E-state index contributed by atoms with van der Waals surface area (Å²) < 4.78 is 57.6. The first-order valence-corrected chi connectivity index (χ1v) is 16.0. The van der Waals surface area contributed by atoms with Crippen molar-refractivity contribution in [1.29, 1.82) is 0 Å². The van der Waals surface area contributed by atoms with Gasteiger partial charge in [0.25, 0.3) is 0 Å². The number of esters is 1. The van der Waals surface area contributed by atoms with Gasteiger partial charge in [0.1, 0.15) is 17.7 Å². The molecule has 47 heavy (non-hydrogen) atoms. The van der Waals surface area contributed by atoms with E-state index in [1.165, 1.54) is 0 Å². The second-order valence-corrected chi connectivity index (χ2v) is 13.3. The minimum atomic E-state index is -5.05. The fourth-order valence-electron chi connectivity index (χ4n) is 6.37. The summed E-state index contributed by atoms with van der Waals surface area (Å²) in [5.41, 5.74) is 2.09. The molecule has 2 amide bonds. The third kappa shape index (κ3) is 8.69. The van der Waals surface area contributed by atoms with Crippen molar-refractivity contribution in [3.63, 3.8) is 0 Å². The Hall–Kier alpha value is -3.52. The number of hydrogen-bond donors (Lipinski definition) is 2. The number of carbonyl (C=O) groups excluding carboxylic acids is 3. The molecule has 5 atom stereocenters. The number of nitrogens with zero attached hydrogens (tertiary/aromatic N) is 2. The van der Waals surface area contributed by atoms with E-state index in [4.69, 9.17) is 14.2 Å². The molecule has 3 saturated heterocycles. The number of ether oxygens (including phenoxy) is 3. The van der Waals surface area contributed by atoms with Crippen LogP contribution >= 0.6 is 0 Å². The minimum absolute atomic E-state index is 0.0819. The Bertz CT molecular complexity index is 1410. The molecule has 0 saturated carbocycles. The van der Waals surface area contributed by atoms with Gasteiger partial charge in [-0.15, -0.1) is 0 Å². The maximum Gasteiger partial charge on any atom is 0.471 e. The summed E-state index contributed by atoms with van der Waals surface area (Å²) in [4.78, 5) is 40.3. The number of amides is 2. The molecule has 2 aromatic rings. The van der Waals surface area contributed by atoms with Gasteiger partial charge in [-0.3, -0.25) is 19.3 Å². The molecule has 2 N–H and O–H groups in total. The lowest BCUT2D eigenvalue weighted by atomic mass is 9.99.